The molecule has 0 atom stereocenters. The molecule has 0 aliphatic rings. The Kier molecular flexibility index (Phi) is 5.76. The Hall–Kier alpha value is -0.660. The molecule has 0 aliphatic heterocycles. The number of ether oxygens (including phenoxy) is 1. The molecule has 1 aromatic rings. The number of halogens is 2. The average Bonchev–Trinajstić information content (AvgIpc) is 2.25. The molecule has 1 N–H and O–H groups in total. The van der Waals surface area contributed by atoms with Crippen LogP contribution in [0.1, 0.15) is 20.8 Å². The lowest BCUT2D eigenvalue weighted by molar-refractivity contribution is -0.385. The van der Waals surface area contributed by atoms with Crippen molar-refractivity contribution in [1.29, 1.82) is 0 Å². The van der Waals surface area contributed by atoms with E-state index >= 15 is 0 Å². The van der Waals surface area contributed by atoms with E-state index in [2.05, 4.69) is 57.9 Å². The fraction of sp³-hybridized carbons (Fsp3) is 0.500. The Morgan fingerprint density at radius 2 is 1.84 bits per heavy atom. The summed E-state index contributed by atoms with van der Waals surface area (Å²) < 4.78 is 6.74. The predicted octanol–water partition coefficient (Wildman–Crippen LogP) is 3.89. The minimum atomic E-state index is -0.444. The minimum Gasteiger partial charge on any atom is -0.490 e. The Balaban J connectivity index is 2.67. The number of nitrogens with zero attached hydrogens (tertiary/aromatic N) is 1. The zero-order valence-electron chi connectivity index (χ0n) is 11.0. The fourth-order valence-electron chi connectivity index (χ4n) is 1.37. The van der Waals surface area contributed by atoms with Crippen LogP contribution >= 0.6 is 31.9 Å². The van der Waals surface area contributed by atoms with Crippen molar-refractivity contribution in [1.82, 2.24) is 5.32 Å². The summed E-state index contributed by atoms with van der Waals surface area (Å²) in [4.78, 5) is 10.3. The summed E-state index contributed by atoms with van der Waals surface area (Å²) in [6.07, 6.45) is 0. The lowest BCUT2D eigenvalue weighted by Gasteiger charge is -2.20. The number of nitro groups is 1. The highest BCUT2D eigenvalue weighted by molar-refractivity contribution is 9.11. The molecule has 19 heavy (non-hydrogen) atoms. The normalized spacial score (nSPS) is 11.4. The van der Waals surface area contributed by atoms with E-state index in [1.165, 1.54) is 12.1 Å². The molecule has 0 saturated carbocycles. The van der Waals surface area contributed by atoms with Crippen LogP contribution in [0.15, 0.2) is 21.1 Å². The summed E-state index contributed by atoms with van der Waals surface area (Å²) in [5, 5.41) is 14.0. The van der Waals surface area contributed by atoms with Gasteiger partial charge in [-0.05, 0) is 52.6 Å². The molecule has 0 saturated heterocycles. The van der Waals surface area contributed by atoms with Gasteiger partial charge in [-0.25, -0.2) is 0 Å². The Labute approximate surface area is 129 Å². The molecule has 0 bridgehead atoms. The molecule has 0 heterocycles. The van der Waals surface area contributed by atoms with Gasteiger partial charge in [-0.1, -0.05) is 0 Å². The van der Waals surface area contributed by atoms with Crippen LogP contribution in [-0.4, -0.2) is 23.6 Å². The topological polar surface area (TPSA) is 64.4 Å². The second-order valence-electron chi connectivity index (χ2n) is 5.02. The highest BCUT2D eigenvalue weighted by atomic mass is 79.9. The molecule has 0 aromatic heterocycles. The predicted molar refractivity (Wildman–Crippen MR) is 81.7 cm³/mol. The smallest absolute Gasteiger partial charge is 0.271 e. The number of non-ortho nitro benzene ring substituents is 1. The van der Waals surface area contributed by atoms with Crippen LogP contribution in [-0.2, 0) is 0 Å². The average molecular weight is 396 g/mol. The molecule has 0 fully saturated rings. The largest absolute Gasteiger partial charge is 0.490 e. The summed E-state index contributed by atoms with van der Waals surface area (Å²) in [6.45, 7) is 7.39. The SMILES string of the molecule is CC(C)(C)NCCOc1c(Br)cc([N+](=O)[O-])cc1Br. The number of nitrogens with one attached hydrogen (secondary N) is 1. The van der Waals surface area contributed by atoms with Crippen molar-refractivity contribution in [3.05, 3.63) is 31.2 Å². The first-order valence-corrected chi connectivity index (χ1v) is 7.30. The van der Waals surface area contributed by atoms with Crippen molar-refractivity contribution in [2.45, 2.75) is 26.3 Å². The molecule has 0 amide bonds. The third-order valence-corrected chi connectivity index (χ3v) is 3.38. The van der Waals surface area contributed by atoms with Gasteiger partial charge in [0, 0.05) is 24.2 Å². The molecule has 106 valence electrons. The van der Waals surface area contributed by atoms with Crippen LogP contribution in [0.25, 0.3) is 0 Å². The van der Waals surface area contributed by atoms with Gasteiger partial charge < -0.3 is 10.1 Å². The first-order valence-electron chi connectivity index (χ1n) is 5.72. The van der Waals surface area contributed by atoms with Crippen molar-refractivity contribution in [3.8, 4) is 5.75 Å². The van der Waals surface area contributed by atoms with E-state index < -0.39 is 4.92 Å². The van der Waals surface area contributed by atoms with Crippen LogP contribution in [0.4, 0.5) is 5.69 Å². The molecule has 7 heteroatoms. The van der Waals surface area contributed by atoms with Gasteiger partial charge in [0.1, 0.15) is 12.4 Å². The van der Waals surface area contributed by atoms with Gasteiger partial charge >= 0.3 is 0 Å². The molecule has 0 spiro atoms. The highest BCUT2D eigenvalue weighted by Gasteiger charge is 2.15. The van der Waals surface area contributed by atoms with Gasteiger partial charge in [-0.3, -0.25) is 10.1 Å². The van der Waals surface area contributed by atoms with Gasteiger partial charge in [0.05, 0.1) is 13.9 Å². The monoisotopic (exact) mass is 394 g/mol. The number of nitro benzene ring substituents is 1. The fourth-order valence-corrected chi connectivity index (χ4v) is 2.76. The van der Waals surface area contributed by atoms with E-state index in [1.54, 1.807) is 0 Å². The van der Waals surface area contributed by atoms with Crippen molar-refractivity contribution >= 4 is 37.5 Å². The third kappa shape index (κ3) is 5.46. The molecule has 1 aromatic carbocycles. The van der Waals surface area contributed by atoms with Gasteiger partial charge in [0.25, 0.3) is 5.69 Å². The summed E-state index contributed by atoms with van der Waals surface area (Å²) in [6, 6.07) is 2.86. The van der Waals surface area contributed by atoms with Crippen LogP contribution in [0.2, 0.25) is 0 Å². The summed E-state index contributed by atoms with van der Waals surface area (Å²) in [7, 11) is 0. The van der Waals surface area contributed by atoms with Crippen molar-refractivity contribution in [2.75, 3.05) is 13.2 Å². The van der Waals surface area contributed by atoms with Gasteiger partial charge in [0.2, 0.25) is 0 Å². The number of benzene rings is 1. The zero-order valence-corrected chi connectivity index (χ0v) is 14.2. The van der Waals surface area contributed by atoms with Gasteiger partial charge in [0.15, 0.2) is 0 Å². The van der Waals surface area contributed by atoms with Gasteiger partial charge in [-0.15, -0.1) is 0 Å². The lowest BCUT2D eigenvalue weighted by atomic mass is 10.1. The minimum absolute atomic E-state index is 0.0129. The number of rotatable bonds is 5. The van der Waals surface area contributed by atoms with Crippen molar-refractivity contribution in [3.63, 3.8) is 0 Å². The quantitative estimate of drug-likeness (QED) is 0.466. The summed E-state index contributed by atoms with van der Waals surface area (Å²) >= 11 is 6.56. The third-order valence-electron chi connectivity index (χ3n) is 2.20. The Bertz CT molecular complexity index is 450. The molecule has 0 radical (unpaired) electrons. The first kappa shape index (κ1) is 16.4. The second kappa shape index (κ2) is 6.67. The van der Waals surface area contributed by atoms with E-state index in [0.717, 1.165) is 0 Å². The summed E-state index contributed by atoms with van der Waals surface area (Å²) in [5.74, 6) is 0.571. The van der Waals surface area contributed by atoms with Crippen LogP contribution in [0, 0.1) is 10.1 Å². The second-order valence-corrected chi connectivity index (χ2v) is 6.73. The lowest BCUT2D eigenvalue weighted by Crippen LogP contribution is -2.38. The maximum Gasteiger partial charge on any atom is 0.271 e. The molecule has 5 nitrogen and oxygen atoms in total. The van der Waals surface area contributed by atoms with E-state index in [1.807, 2.05) is 0 Å². The van der Waals surface area contributed by atoms with Crippen LogP contribution in [0.3, 0.4) is 0 Å². The number of hydrogen-bond acceptors (Lipinski definition) is 4. The maximum atomic E-state index is 10.7. The zero-order chi connectivity index (χ0) is 14.6. The molecular weight excluding hydrogens is 380 g/mol. The molecular formula is C12H16Br2N2O3. The van der Waals surface area contributed by atoms with Crippen LogP contribution in [0.5, 0.6) is 5.75 Å². The Morgan fingerprint density at radius 3 is 2.26 bits per heavy atom. The van der Waals surface area contributed by atoms with Crippen LogP contribution < -0.4 is 10.1 Å². The standard InChI is InChI=1S/C12H16Br2N2O3/c1-12(2,3)15-4-5-19-11-9(13)6-8(16(17)18)7-10(11)14/h6-7,15H,4-5H2,1-3H3. The summed E-state index contributed by atoms with van der Waals surface area (Å²) in [5.41, 5.74) is 0.0479. The van der Waals surface area contributed by atoms with E-state index in [0.29, 0.717) is 27.8 Å². The van der Waals surface area contributed by atoms with E-state index in [9.17, 15) is 10.1 Å². The molecule has 0 aliphatic carbocycles. The van der Waals surface area contributed by atoms with E-state index in [-0.39, 0.29) is 11.2 Å². The first-order chi connectivity index (χ1) is 8.70. The van der Waals surface area contributed by atoms with E-state index in [4.69, 9.17) is 4.74 Å². The molecule has 0 unspecified atom stereocenters. The maximum absolute atomic E-state index is 10.7. The number of hydrogen-bond donors (Lipinski definition) is 1. The highest BCUT2D eigenvalue weighted by Crippen LogP contribution is 2.37. The van der Waals surface area contributed by atoms with Crippen molar-refractivity contribution < 1.29 is 9.66 Å². The Morgan fingerprint density at radius 1 is 1.32 bits per heavy atom. The van der Waals surface area contributed by atoms with Gasteiger partial charge in [-0.2, -0.15) is 0 Å². The molecule has 1 rings (SSSR count). The van der Waals surface area contributed by atoms with Crippen molar-refractivity contribution in [2.24, 2.45) is 0 Å².